The Bertz CT molecular complexity index is 203. The number of rotatable bonds is 16. The van der Waals surface area contributed by atoms with Crippen LogP contribution in [-0.4, -0.2) is 67.0 Å². The number of ether oxygens (including phenoxy) is 4. The van der Waals surface area contributed by atoms with Gasteiger partial charge in [0.05, 0.1) is 33.0 Å². The molecule has 0 fully saturated rings. The van der Waals surface area contributed by atoms with Crippen LogP contribution in [0.3, 0.4) is 0 Å². The van der Waals surface area contributed by atoms with Gasteiger partial charge in [-0.3, -0.25) is 0 Å². The summed E-state index contributed by atoms with van der Waals surface area (Å²) in [6.45, 7) is 10.6. The van der Waals surface area contributed by atoms with Crippen molar-refractivity contribution < 1.29 is 18.9 Å². The topological polar surface area (TPSA) is 49.0 Å². The third kappa shape index (κ3) is 16.0. The molecule has 0 rings (SSSR count). The monoisotopic (exact) mass is 305 g/mol. The van der Waals surface area contributed by atoms with Crippen LogP contribution in [0.4, 0.5) is 0 Å². The quantitative estimate of drug-likeness (QED) is 0.442. The van der Waals surface area contributed by atoms with Crippen molar-refractivity contribution in [1.29, 1.82) is 0 Å². The Labute approximate surface area is 130 Å². The zero-order chi connectivity index (χ0) is 15.8. The molecule has 1 atom stereocenters. The van der Waals surface area contributed by atoms with Crippen molar-refractivity contribution in [2.75, 3.05) is 67.0 Å². The van der Waals surface area contributed by atoms with Crippen LogP contribution in [0.1, 0.15) is 26.7 Å². The molecule has 0 bridgehead atoms. The average molecular weight is 305 g/mol. The van der Waals surface area contributed by atoms with Crippen LogP contribution in [0.15, 0.2) is 0 Å². The fourth-order valence-corrected chi connectivity index (χ4v) is 2.16. The van der Waals surface area contributed by atoms with Gasteiger partial charge in [0.2, 0.25) is 0 Å². The molecule has 0 saturated carbocycles. The van der Waals surface area contributed by atoms with Gasteiger partial charge in [-0.1, -0.05) is 13.8 Å². The first kappa shape index (κ1) is 20.8. The average Bonchev–Trinajstić information content (AvgIpc) is 2.45. The Kier molecular flexibility index (Phi) is 16.0. The number of methoxy groups -OCH3 is 2. The minimum Gasteiger partial charge on any atom is -0.383 e. The normalized spacial score (nSPS) is 13.0. The van der Waals surface area contributed by atoms with E-state index < -0.39 is 0 Å². The van der Waals surface area contributed by atoms with Gasteiger partial charge in [-0.25, -0.2) is 0 Å². The zero-order valence-corrected chi connectivity index (χ0v) is 14.4. The maximum atomic E-state index is 5.64. The van der Waals surface area contributed by atoms with Gasteiger partial charge in [0.25, 0.3) is 0 Å². The molecule has 0 amide bonds. The molecule has 1 N–H and O–H groups in total. The molecular weight excluding hydrogens is 270 g/mol. The molecule has 5 heteroatoms. The molecule has 0 aromatic carbocycles. The SMILES string of the molecule is COCCNCC(CCOCCOCCOC)CC(C)C. The van der Waals surface area contributed by atoms with E-state index in [0.717, 1.165) is 38.6 Å². The van der Waals surface area contributed by atoms with Gasteiger partial charge in [0, 0.05) is 27.4 Å². The first-order valence-corrected chi connectivity index (χ1v) is 8.04. The Morgan fingerprint density at radius 3 is 2.05 bits per heavy atom. The van der Waals surface area contributed by atoms with E-state index in [2.05, 4.69) is 19.2 Å². The predicted octanol–water partition coefficient (Wildman–Crippen LogP) is 1.95. The molecule has 1 unspecified atom stereocenters. The van der Waals surface area contributed by atoms with Gasteiger partial charge in [-0.05, 0) is 31.2 Å². The van der Waals surface area contributed by atoms with E-state index in [4.69, 9.17) is 18.9 Å². The highest BCUT2D eigenvalue weighted by Crippen LogP contribution is 2.14. The van der Waals surface area contributed by atoms with Crippen LogP contribution in [0.2, 0.25) is 0 Å². The third-order valence-corrected chi connectivity index (χ3v) is 3.19. The van der Waals surface area contributed by atoms with Crippen LogP contribution in [0, 0.1) is 11.8 Å². The summed E-state index contributed by atoms with van der Waals surface area (Å²) in [6, 6.07) is 0. The Morgan fingerprint density at radius 2 is 1.43 bits per heavy atom. The molecule has 0 aliphatic rings. The molecule has 0 aliphatic heterocycles. The number of nitrogens with one attached hydrogen (secondary N) is 1. The molecule has 0 radical (unpaired) electrons. The van der Waals surface area contributed by atoms with Crippen LogP contribution >= 0.6 is 0 Å². The molecule has 21 heavy (non-hydrogen) atoms. The maximum absolute atomic E-state index is 5.64. The van der Waals surface area contributed by atoms with Crippen molar-refractivity contribution in [2.24, 2.45) is 11.8 Å². The summed E-state index contributed by atoms with van der Waals surface area (Å²) in [4.78, 5) is 0. The van der Waals surface area contributed by atoms with Crippen LogP contribution in [0.25, 0.3) is 0 Å². The van der Waals surface area contributed by atoms with Crippen molar-refractivity contribution in [3.63, 3.8) is 0 Å². The Hall–Kier alpha value is -0.200. The third-order valence-electron chi connectivity index (χ3n) is 3.19. The van der Waals surface area contributed by atoms with Crippen molar-refractivity contribution in [1.82, 2.24) is 5.32 Å². The summed E-state index contributed by atoms with van der Waals surface area (Å²) >= 11 is 0. The largest absolute Gasteiger partial charge is 0.383 e. The van der Waals surface area contributed by atoms with E-state index in [1.54, 1.807) is 14.2 Å². The fraction of sp³-hybridized carbons (Fsp3) is 1.00. The lowest BCUT2D eigenvalue weighted by Gasteiger charge is -2.19. The lowest BCUT2D eigenvalue weighted by atomic mass is 9.94. The van der Waals surface area contributed by atoms with E-state index in [0.29, 0.717) is 32.3 Å². The molecule has 0 saturated heterocycles. The van der Waals surface area contributed by atoms with Gasteiger partial charge in [-0.15, -0.1) is 0 Å². The summed E-state index contributed by atoms with van der Waals surface area (Å²) in [5.41, 5.74) is 0. The van der Waals surface area contributed by atoms with Crippen LogP contribution < -0.4 is 5.32 Å². The molecule has 0 spiro atoms. The van der Waals surface area contributed by atoms with E-state index in [9.17, 15) is 0 Å². The fourth-order valence-electron chi connectivity index (χ4n) is 2.16. The summed E-state index contributed by atoms with van der Waals surface area (Å²) in [6.07, 6.45) is 2.32. The second kappa shape index (κ2) is 16.2. The molecule has 0 aromatic heterocycles. The second-order valence-electron chi connectivity index (χ2n) is 5.70. The Morgan fingerprint density at radius 1 is 0.810 bits per heavy atom. The predicted molar refractivity (Wildman–Crippen MR) is 85.8 cm³/mol. The summed E-state index contributed by atoms with van der Waals surface area (Å²) in [5, 5.41) is 3.45. The van der Waals surface area contributed by atoms with Crippen molar-refractivity contribution in [3.8, 4) is 0 Å². The van der Waals surface area contributed by atoms with E-state index in [1.165, 1.54) is 6.42 Å². The highest BCUT2D eigenvalue weighted by Gasteiger charge is 2.10. The van der Waals surface area contributed by atoms with Crippen molar-refractivity contribution in [2.45, 2.75) is 26.7 Å². The van der Waals surface area contributed by atoms with E-state index >= 15 is 0 Å². The molecule has 0 heterocycles. The standard InChI is InChI=1S/C16H35NO4/c1-15(2)13-16(14-17-6-8-18-3)5-7-20-11-12-21-10-9-19-4/h15-17H,5-14H2,1-4H3. The van der Waals surface area contributed by atoms with Gasteiger partial charge in [0.1, 0.15) is 0 Å². The second-order valence-corrected chi connectivity index (χ2v) is 5.70. The van der Waals surface area contributed by atoms with Gasteiger partial charge in [0.15, 0.2) is 0 Å². The van der Waals surface area contributed by atoms with Gasteiger partial charge < -0.3 is 24.3 Å². The highest BCUT2D eigenvalue weighted by molar-refractivity contribution is 4.64. The maximum Gasteiger partial charge on any atom is 0.0701 e. The van der Waals surface area contributed by atoms with Gasteiger partial charge in [-0.2, -0.15) is 0 Å². The highest BCUT2D eigenvalue weighted by atomic mass is 16.5. The number of hydrogen-bond acceptors (Lipinski definition) is 5. The van der Waals surface area contributed by atoms with Crippen LogP contribution in [-0.2, 0) is 18.9 Å². The summed E-state index contributed by atoms with van der Waals surface area (Å²) in [7, 11) is 3.41. The number of hydrogen-bond donors (Lipinski definition) is 1. The van der Waals surface area contributed by atoms with Gasteiger partial charge >= 0.3 is 0 Å². The lowest BCUT2D eigenvalue weighted by molar-refractivity contribution is 0.0213. The van der Waals surface area contributed by atoms with Crippen molar-refractivity contribution >= 4 is 0 Å². The lowest BCUT2D eigenvalue weighted by Crippen LogP contribution is -2.27. The molecule has 5 nitrogen and oxygen atoms in total. The zero-order valence-electron chi connectivity index (χ0n) is 14.4. The first-order valence-electron chi connectivity index (χ1n) is 8.04. The summed E-state index contributed by atoms with van der Waals surface area (Å²) < 4.78 is 21.0. The van der Waals surface area contributed by atoms with E-state index in [1.807, 2.05) is 0 Å². The van der Waals surface area contributed by atoms with Crippen LogP contribution in [0.5, 0.6) is 0 Å². The van der Waals surface area contributed by atoms with E-state index in [-0.39, 0.29) is 0 Å². The molecular formula is C16H35NO4. The molecule has 0 aliphatic carbocycles. The van der Waals surface area contributed by atoms with Crippen molar-refractivity contribution in [3.05, 3.63) is 0 Å². The molecule has 0 aromatic rings. The molecule has 128 valence electrons. The summed E-state index contributed by atoms with van der Waals surface area (Å²) in [5.74, 6) is 1.38. The smallest absolute Gasteiger partial charge is 0.0701 e. The first-order chi connectivity index (χ1) is 10.2. The Balaban J connectivity index is 3.56. The minimum absolute atomic E-state index is 0.638. The minimum atomic E-state index is 0.638.